The summed E-state index contributed by atoms with van der Waals surface area (Å²) in [5.74, 6) is -0.572. The molecule has 0 saturated heterocycles. The van der Waals surface area contributed by atoms with E-state index in [-0.39, 0.29) is 30.3 Å². The standard InChI is InChI=1S/C26H25F3N4O3/c1-17(15-18-7-4-5-13-30-18)33-23(20-9-2-3-10-21(20)25(33)35)24(34)31-16-19-8-6-11-22(32-19)36-14-12-26(27,28)29/h2-11,13,17,23H,12,14-16H2,1H3,(H,31,34). The van der Waals surface area contributed by atoms with Crippen LogP contribution in [-0.2, 0) is 17.8 Å². The second-order valence-corrected chi connectivity index (χ2v) is 8.48. The topological polar surface area (TPSA) is 84.4 Å². The van der Waals surface area contributed by atoms with E-state index >= 15 is 0 Å². The maximum atomic E-state index is 13.4. The van der Waals surface area contributed by atoms with Crippen molar-refractivity contribution >= 4 is 11.8 Å². The van der Waals surface area contributed by atoms with E-state index in [1.54, 1.807) is 47.5 Å². The number of nitrogens with one attached hydrogen (secondary N) is 1. The molecular formula is C26H25F3N4O3. The van der Waals surface area contributed by atoms with E-state index in [2.05, 4.69) is 15.3 Å². The number of amides is 2. The predicted molar refractivity (Wildman–Crippen MR) is 125 cm³/mol. The summed E-state index contributed by atoms with van der Waals surface area (Å²) in [7, 11) is 0. The van der Waals surface area contributed by atoms with Crippen LogP contribution in [0.25, 0.3) is 0 Å². The quantitative estimate of drug-likeness (QED) is 0.477. The van der Waals surface area contributed by atoms with Crippen molar-refractivity contribution in [2.24, 2.45) is 0 Å². The highest BCUT2D eigenvalue weighted by Gasteiger charge is 2.43. The molecule has 10 heteroatoms. The molecule has 2 unspecified atom stereocenters. The van der Waals surface area contributed by atoms with Crippen LogP contribution in [0.1, 0.15) is 46.7 Å². The van der Waals surface area contributed by atoms with Gasteiger partial charge in [0.05, 0.1) is 25.3 Å². The number of carbonyl (C=O) groups is 2. The molecule has 3 aromatic rings. The van der Waals surface area contributed by atoms with Gasteiger partial charge in [-0.2, -0.15) is 13.2 Å². The first-order valence-electron chi connectivity index (χ1n) is 11.5. The van der Waals surface area contributed by atoms with Crippen LogP contribution in [0.15, 0.2) is 66.9 Å². The lowest BCUT2D eigenvalue weighted by Gasteiger charge is -2.30. The molecule has 2 atom stereocenters. The molecule has 1 aliphatic heterocycles. The largest absolute Gasteiger partial charge is 0.477 e. The molecule has 1 aromatic carbocycles. The molecule has 36 heavy (non-hydrogen) atoms. The molecule has 2 amide bonds. The molecule has 0 saturated carbocycles. The minimum atomic E-state index is -4.32. The van der Waals surface area contributed by atoms with Gasteiger partial charge in [0.15, 0.2) is 0 Å². The average molecular weight is 499 g/mol. The maximum Gasteiger partial charge on any atom is 0.392 e. The molecule has 0 aliphatic carbocycles. The van der Waals surface area contributed by atoms with Gasteiger partial charge in [-0.3, -0.25) is 14.6 Å². The third-order valence-corrected chi connectivity index (χ3v) is 5.81. The monoisotopic (exact) mass is 498 g/mol. The Labute approximate surface area is 206 Å². The lowest BCUT2D eigenvalue weighted by Crippen LogP contribution is -2.44. The summed E-state index contributed by atoms with van der Waals surface area (Å²) in [5, 5.41) is 2.81. The van der Waals surface area contributed by atoms with Crippen molar-refractivity contribution in [3.8, 4) is 5.88 Å². The Morgan fingerprint density at radius 2 is 1.83 bits per heavy atom. The van der Waals surface area contributed by atoms with E-state index < -0.39 is 25.2 Å². The Hall–Kier alpha value is -3.95. The predicted octanol–water partition coefficient (Wildman–Crippen LogP) is 4.25. The molecule has 188 valence electrons. The second-order valence-electron chi connectivity index (χ2n) is 8.48. The van der Waals surface area contributed by atoms with Crippen molar-refractivity contribution < 1.29 is 27.5 Å². The fourth-order valence-electron chi connectivity index (χ4n) is 4.16. The Balaban J connectivity index is 1.46. The van der Waals surface area contributed by atoms with Gasteiger partial charge >= 0.3 is 6.18 Å². The van der Waals surface area contributed by atoms with Crippen molar-refractivity contribution in [3.63, 3.8) is 0 Å². The number of hydrogen-bond donors (Lipinski definition) is 1. The number of fused-ring (bicyclic) bond motifs is 1. The van der Waals surface area contributed by atoms with Crippen LogP contribution < -0.4 is 10.1 Å². The number of carbonyl (C=O) groups excluding carboxylic acids is 2. The van der Waals surface area contributed by atoms with Crippen LogP contribution in [0, 0.1) is 0 Å². The number of halogens is 3. The lowest BCUT2D eigenvalue weighted by molar-refractivity contribution is -0.139. The smallest absolute Gasteiger partial charge is 0.392 e. The SMILES string of the molecule is CC(Cc1ccccn1)N1C(=O)c2ccccc2C1C(=O)NCc1cccc(OCCC(F)(F)F)n1. The molecule has 0 bridgehead atoms. The van der Waals surface area contributed by atoms with Gasteiger partial charge < -0.3 is 15.0 Å². The molecule has 1 N–H and O–H groups in total. The number of hydrogen-bond acceptors (Lipinski definition) is 5. The van der Waals surface area contributed by atoms with Gasteiger partial charge in [0.25, 0.3) is 5.91 Å². The van der Waals surface area contributed by atoms with Gasteiger partial charge in [-0.25, -0.2) is 4.98 Å². The molecule has 2 aromatic heterocycles. The Kier molecular flexibility index (Phi) is 7.52. The highest BCUT2D eigenvalue weighted by molar-refractivity contribution is 6.04. The number of nitrogens with zero attached hydrogens (tertiary/aromatic N) is 3. The van der Waals surface area contributed by atoms with Gasteiger partial charge in [0.1, 0.15) is 6.04 Å². The van der Waals surface area contributed by atoms with E-state index in [1.807, 2.05) is 25.1 Å². The molecule has 0 radical (unpaired) electrons. The molecule has 3 heterocycles. The average Bonchev–Trinajstić information content (AvgIpc) is 3.15. The van der Waals surface area contributed by atoms with Crippen LogP contribution in [0.3, 0.4) is 0 Å². The zero-order valence-corrected chi connectivity index (χ0v) is 19.5. The number of alkyl halides is 3. The summed E-state index contributed by atoms with van der Waals surface area (Å²) in [6.07, 6.45) is -3.25. The Morgan fingerprint density at radius 3 is 2.58 bits per heavy atom. The second kappa shape index (κ2) is 10.8. The van der Waals surface area contributed by atoms with Crippen molar-refractivity contribution in [2.75, 3.05) is 6.61 Å². The molecular weight excluding hydrogens is 473 g/mol. The van der Waals surface area contributed by atoms with Gasteiger partial charge in [-0.1, -0.05) is 30.3 Å². The zero-order chi connectivity index (χ0) is 25.7. The summed E-state index contributed by atoms with van der Waals surface area (Å²) in [5.41, 5.74) is 2.31. The number of rotatable bonds is 9. The number of ether oxygens (including phenoxy) is 1. The summed E-state index contributed by atoms with van der Waals surface area (Å²) >= 11 is 0. The van der Waals surface area contributed by atoms with Crippen molar-refractivity contribution in [1.29, 1.82) is 0 Å². The first kappa shape index (κ1) is 25.2. The minimum Gasteiger partial charge on any atom is -0.477 e. The number of pyridine rings is 2. The first-order chi connectivity index (χ1) is 17.2. The maximum absolute atomic E-state index is 13.4. The molecule has 4 rings (SSSR count). The van der Waals surface area contributed by atoms with Crippen LogP contribution in [0.4, 0.5) is 13.2 Å². The van der Waals surface area contributed by atoms with Gasteiger partial charge in [0.2, 0.25) is 11.8 Å². The molecule has 1 aliphatic rings. The van der Waals surface area contributed by atoms with Crippen molar-refractivity contribution in [2.45, 2.75) is 44.6 Å². The normalized spacial score (nSPS) is 15.9. The van der Waals surface area contributed by atoms with E-state index in [9.17, 15) is 22.8 Å². The van der Waals surface area contributed by atoms with E-state index in [1.165, 1.54) is 6.07 Å². The van der Waals surface area contributed by atoms with E-state index in [4.69, 9.17) is 4.74 Å². The molecule has 0 fully saturated rings. The van der Waals surface area contributed by atoms with E-state index in [0.717, 1.165) is 5.69 Å². The van der Waals surface area contributed by atoms with Crippen molar-refractivity contribution in [1.82, 2.24) is 20.2 Å². The summed E-state index contributed by atoms with van der Waals surface area (Å²) in [6.45, 7) is 1.35. The fourth-order valence-corrected chi connectivity index (χ4v) is 4.16. The van der Waals surface area contributed by atoms with E-state index in [0.29, 0.717) is 23.2 Å². The van der Waals surface area contributed by atoms with Gasteiger partial charge in [0, 0.05) is 36.0 Å². The lowest BCUT2D eigenvalue weighted by atomic mass is 10.0. The van der Waals surface area contributed by atoms with Gasteiger partial charge in [-0.15, -0.1) is 0 Å². The summed E-state index contributed by atoms with van der Waals surface area (Å²) in [4.78, 5) is 36.7. The Morgan fingerprint density at radius 1 is 1.08 bits per heavy atom. The fraction of sp³-hybridized carbons (Fsp3) is 0.308. The minimum absolute atomic E-state index is 0.0185. The zero-order valence-electron chi connectivity index (χ0n) is 19.5. The number of aromatic nitrogens is 2. The first-order valence-corrected chi connectivity index (χ1v) is 11.5. The highest BCUT2D eigenvalue weighted by Crippen LogP contribution is 2.36. The molecule has 0 spiro atoms. The summed E-state index contributed by atoms with van der Waals surface area (Å²) < 4.78 is 42.2. The van der Waals surface area contributed by atoms with Crippen LogP contribution in [0.5, 0.6) is 5.88 Å². The van der Waals surface area contributed by atoms with Crippen LogP contribution >= 0.6 is 0 Å². The Bertz CT molecular complexity index is 1220. The summed E-state index contributed by atoms with van der Waals surface area (Å²) in [6, 6.07) is 16.1. The van der Waals surface area contributed by atoms with Gasteiger partial charge in [-0.05, 0) is 36.8 Å². The third kappa shape index (κ3) is 5.99. The van der Waals surface area contributed by atoms with Crippen LogP contribution in [0.2, 0.25) is 0 Å². The van der Waals surface area contributed by atoms with Crippen LogP contribution in [-0.4, -0.2) is 45.5 Å². The van der Waals surface area contributed by atoms with Crippen molar-refractivity contribution in [3.05, 3.63) is 89.4 Å². The highest BCUT2D eigenvalue weighted by atomic mass is 19.4. The number of benzene rings is 1. The third-order valence-electron chi connectivity index (χ3n) is 5.81. The molecule has 7 nitrogen and oxygen atoms in total.